The van der Waals surface area contributed by atoms with Crippen LogP contribution < -0.4 is 5.32 Å². The molecule has 1 aliphatic rings. The lowest BCUT2D eigenvalue weighted by molar-refractivity contribution is 0.229. The Bertz CT molecular complexity index is 422. The number of halogens is 2. The Hall–Kier alpha value is -0.600. The fourth-order valence-corrected chi connectivity index (χ4v) is 3.19. The van der Waals surface area contributed by atoms with E-state index in [1.165, 1.54) is 19.3 Å². The molecule has 18 heavy (non-hydrogen) atoms. The van der Waals surface area contributed by atoms with Crippen LogP contribution in [0.15, 0.2) is 12.1 Å². The van der Waals surface area contributed by atoms with E-state index < -0.39 is 0 Å². The smallest absolute Gasteiger partial charge is 0.152 e. The second kappa shape index (κ2) is 5.18. The highest BCUT2D eigenvalue weighted by Crippen LogP contribution is 2.38. The summed E-state index contributed by atoms with van der Waals surface area (Å²) < 4.78 is 0. The molecule has 4 heteroatoms. The number of anilines is 1. The number of phenolic OH excluding ortho intramolecular Hbond substituents is 1. The quantitative estimate of drug-likeness (QED) is 0.744. The molecule has 1 aromatic rings. The SMILES string of the molecule is CC1(C)CCCC(Nc2cc(Cl)c(O)c(Cl)c2)C1. The monoisotopic (exact) mass is 287 g/mol. The molecular formula is C14H19Cl2NO. The fourth-order valence-electron chi connectivity index (χ4n) is 2.71. The first-order chi connectivity index (χ1) is 8.37. The van der Waals surface area contributed by atoms with Gasteiger partial charge in [-0.25, -0.2) is 0 Å². The molecule has 0 aromatic heterocycles. The van der Waals surface area contributed by atoms with Gasteiger partial charge in [-0.2, -0.15) is 0 Å². The molecule has 2 N–H and O–H groups in total. The van der Waals surface area contributed by atoms with E-state index >= 15 is 0 Å². The lowest BCUT2D eigenvalue weighted by atomic mass is 9.75. The third-order valence-corrected chi connectivity index (χ3v) is 4.17. The molecule has 1 saturated carbocycles. The van der Waals surface area contributed by atoms with E-state index in [-0.39, 0.29) is 5.75 Å². The van der Waals surface area contributed by atoms with Gasteiger partial charge in [-0.15, -0.1) is 0 Å². The maximum Gasteiger partial charge on any atom is 0.152 e. The first kappa shape index (κ1) is 13.8. The number of hydrogen-bond acceptors (Lipinski definition) is 2. The van der Waals surface area contributed by atoms with Crippen LogP contribution in [0.5, 0.6) is 5.75 Å². The summed E-state index contributed by atoms with van der Waals surface area (Å²) in [5.74, 6) is -0.0483. The third-order valence-electron chi connectivity index (χ3n) is 3.59. The second-order valence-electron chi connectivity index (χ2n) is 5.89. The van der Waals surface area contributed by atoms with Crippen LogP contribution in [-0.2, 0) is 0 Å². The third kappa shape index (κ3) is 3.24. The van der Waals surface area contributed by atoms with E-state index in [1.54, 1.807) is 12.1 Å². The van der Waals surface area contributed by atoms with Gasteiger partial charge in [0.2, 0.25) is 0 Å². The Balaban J connectivity index is 2.10. The summed E-state index contributed by atoms with van der Waals surface area (Å²) in [7, 11) is 0. The summed E-state index contributed by atoms with van der Waals surface area (Å²) in [6.45, 7) is 4.61. The molecule has 0 bridgehead atoms. The number of rotatable bonds is 2. The summed E-state index contributed by atoms with van der Waals surface area (Å²) in [6, 6.07) is 3.90. The Labute approximate surface area is 118 Å². The van der Waals surface area contributed by atoms with Crippen molar-refractivity contribution in [3.8, 4) is 5.75 Å². The summed E-state index contributed by atoms with van der Waals surface area (Å²) >= 11 is 11.8. The van der Waals surface area contributed by atoms with Gasteiger partial charge in [0.1, 0.15) is 0 Å². The van der Waals surface area contributed by atoms with Gasteiger partial charge < -0.3 is 10.4 Å². The zero-order valence-corrected chi connectivity index (χ0v) is 12.3. The van der Waals surface area contributed by atoms with Gasteiger partial charge in [-0.3, -0.25) is 0 Å². The van der Waals surface area contributed by atoms with E-state index in [9.17, 15) is 5.11 Å². The lowest BCUT2D eigenvalue weighted by Crippen LogP contribution is -2.31. The zero-order valence-electron chi connectivity index (χ0n) is 10.8. The van der Waals surface area contributed by atoms with Crippen LogP contribution in [0.4, 0.5) is 5.69 Å². The first-order valence-corrected chi connectivity index (χ1v) is 7.07. The average Bonchev–Trinajstić information content (AvgIpc) is 2.24. The number of nitrogens with one attached hydrogen (secondary N) is 1. The van der Waals surface area contributed by atoms with Crippen LogP contribution in [0.1, 0.15) is 39.5 Å². The highest BCUT2D eigenvalue weighted by atomic mass is 35.5. The Morgan fingerprint density at radius 1 is 1.28 bits per heavy atom. The minimum atomic E-state index is -0.0483. The average molecular weight is 288 g/mol. The molecule has 0 saturated heterocycles. The van der Waals surface area contributed by atoms with Crippen molar-refractivity contribution in [1.82, 2.24) is 0 Å². The van der Waals surface area contributed by atoms with Crippen molar-refractivity contribution in [2.75, 3.05) is 5.32 Å². The lowest BCUT2D eigenvalue weighted by Gasteiger charge is -2.36. The second-order valence-corrected chi connectivity index (χ2v) is 6.70. The van der Waals surface area contributed by atoms with Crippen LogP contribution in [0.3, 0.4) is 0 Å². The van der Waals surface area contributed by atoms with E-state index in [0.29, 0.717) is 21.5 Å². The zero-order chi connectivity index (χ0) is 13.3. The molecule has 100 valence electrons. The van der Waals surface area contributed by atoms with Crippen molar-refractivity contribution < 1.29 is 5.11 Å². The number of benzene rings is 1. The molecule has 0 amide bonds. The van der Waals surface area contributed by atoms with Gasteiger partial charge in [0, 0.05) is 11.7 Å². The van der Waals surface area contributed by atoms with E-state index in [2.05, 4.69) is 19.2 Å². The highest BCUT2D eigenvalue weighted by Gasteiger charge is 2.27. The van der Waals surface area contributed by atoms with Crippen molar-refractivity contribution in [2.24, 2.45) is 5.41 Å². The molecule has 1 fully saturated rings. The molecule has 1 aliphatic carbocycles. The standard InChI is InChI=1S/C14H19Cl2NO/c1-14(2)5-3-4-9(8-14)17-10-6-11(15)13(18)12(16)7-10/h6-7,9,17-18H,3-5,8H2,1-2H3. The van der Waals surface area contributed by atoms with Gasteiger partial charge in [-0.05, 0) is 36.8 Å². The summed E-state index contributed by atoms with van der Waals surface area (Å²) in [6.07, 6.45) is 4.83. The minimum absolute atomic E-state index is 0.0483. The highest BCUT2D eigenvalue weighted by molar-refractivity contribution is 6.37. The molecule has 1 aromatic carbocycles. The normalized spacial score (nSPS) is 22.8. The van der Waals surface area contributed by atoms with Gasteiger partial charge in [0.25, 0.3) is 0 Å². The Morgan fingerprint density at radius 2 is 1.89 bits per heavy atom. The topological polar surface area (TPSA) is 32.3 Å². The fraction of sp³-hybridized carbons (Fsp3) is 0.571. The van der Waals surface area contributed by atoms with Crippen molar-refractivity contribution in [1.29, 1.82) is 0 Å². The Morgan fingerprint density at radius 3 is 2.44 bits per heavy atom. The van der Waals surface area contributed by atoms with Gasteiger partial charge in [0.05, 0.1) is 10.0 Å². The predicted molar refractivity (Wildman–Crippen MR) is 77.8 cm³/mol. The molecule has 0 heterocycles. The molecule has 0 radical (unpaired) electrons. The van der Waals surface area contributed by atoms with Crippen LogP contribution in [0.25, 0.3) is 0 Å². The maximum atomic E-state index is 9.53. The van der Waals surface area contributed by atoms with E-state index in [4.69, 9.17) is 23.2 Å². The first-order valence-electron chi connectivity index (χ1n) is 6.32. The molecule has 0 aliphatic heterocycles. The molecule has 1 unspecified atom stereocenters. The Kier molecular flexibility index (Phi) is 3.98. The number of phenols is 1. The molecule has 1 atom stereocenters. The molecule has 2 rings (SSSR count). The number of hydrogen-bond donors (Lipinski definition) is 2. The molecule has 0 spiro atoms. The van der Waals surface area contributed by atoms with Gasteiger partial charge in [0.15, 0.2) is 5.75 Å². The van der Waals surface area contributed by atoms with Crippen molar-refractivity contribution in [3.05, 3.63) is 22.2 Å². The van der Waals surface area contributed by atoms with Crippen LogP contribution in [-0.4, -0.2) is 11.1 Å². The number of aromatic hydroxyl groups is 1. The predicted octanol–water partition coefficient (Wildman–Crippen LogP) is 5.08. The summed E-state index contributed by atoms with van der Waals surface area (Å²) in [5, 5.41) is 13.6. The molecular weight excluding hydrogens is 269 g/mol. The van der Waals surface area contributed by atoms with Crippen LogP contribution >= 0.6 is 23.2 Å². The van der Waals surface area contributed by atoms with Crippen LogP contribution in [0.2, 0.25) is 10.0 Å². The van der Waals surface area contributed by atoms with Crippen molar-refractivity contribution in [2.45, 2.75) is 45.6 Å². The van der Waals surface area contributed by atoms with Gasteiger partial charge in [-0.1, -0.05) is 43.5 Å². The minimum Gasteiger partial charge on any atom is -0.505 e. The van der Waals surface area contributed by atoms with Gasteiger partial charge >= 0.3 is 0 Å². The largest absolute Gasteiger partial charge is 0.505 e. The van der Waals surface area contributed by atoms with Crippen molar-refractivity contribution >= 4 is 28.9 Å². The maximum absolute atomic E-state index is 9.53. The summed E-state index contributed by atoms with van der Waals surface area (Å²) in [4.78, 5) is 0. The van der Waals surface area contributed by atoms with Crippen LogP contribution in [0, 0.1) is 5.41 Å². The molecule has 2 nitrogen and oxygen atoms in total. The van der Waals surface area contributed by atoms with E-state index in [1.807, 2.05) is 0 Å². The van der Waals surface area contributed by atoms with E-state index in [0.717, 1.165) is 12.1 Å². The summed E-state index contributed by atoms with van der Waals surface area (Å²) in [5.41, 5.74) is 1.27. The van der Waals surface area contributed by atoms with Crippen molar-refractivity contribution in [3.63, 3.8) is 0 Å².